The number of aryl methyl sites for hydroxylation is 1. The molecule has 0 fully saturated rings. The molecule has 7 nitrogen and oxygen atoms in total. The van der Waals surface area contributed by atoms with Crippen molar-refractivity contribution in [2.24, 2.45) is 0 Å². The summed E-state index contributed by atoms with van der Waals surface area (Å²) < 4.78 is 7.14. The quantitative estimate of drug-likeness (QED) is 0.587. The average Bonchev–Trinajstić information content (AvgIpc) is 3.03. The molecule has 136 valence electrons. The monoisotopic (exact) mass is 361 g/mol. The van der Waals surface area contributed by atoms with Gasteiger partial charge in [0.15, 0.2) is 11.5 Å². The van der Waals surface area contributed by atoms with E-state index in [1.807, 2.05) is 28.9 Å². The van der Waals surface area contributed by atoms with Crippen LogP contribution in [0, 0.1) is 0 Å². The molecule has 7 heteroatoms. The van der Waals surface area contributed by atoms with Crippen LogP contribution in [-0.2, 0) is 6.54 Å². The minimum absolute atomic E-state index is 0.253. The Morgan fingerprint density at radius 2 is 2.15 bits per heavy atom. The number of methoxy groups -OCH3 is 1. The smallest absolute Gasteiger partial charge is 0.258 e. The molecule has 0 spiro atoms. The van der Waals surface area contributed by atoms with Crippen LogP contribution >= 0.6 is 0 Å². The van der Waals surface area contributed by atoms with Crippen LogP contribution in [0.3, 0.4) is 0 Å². The van der Waals surface area contributed by atoms with E-state index in [0.29, 0.717) is 17.9 Å². The zero-order chi connectivity index (χ0) is 18.8. The first kappa shape index (κ1) is 17.0. The van der Waals surface area contributed by atoms with Crippen LogP contribution in [0.5, 0.6) is 5.75 Å². The molecule has 3 aromatic heterocycles. The second-order valence-corrected chi connectivity index (χ2v) is 6.19. The average molecular weight is 361 g/mol. The highest BCUT2D eigenvalue weighted by Crippen LogP contribution is 2.28. The lowest BCUT2D eigenvalue weighted by atomic mass is 10.1. The minimum Gasteiger partial charge on any atom is -0.497 e. The lowest BCUT2D eigenvalue weighted by Gasteiger charge is -2.04. The molecule has 0 saturated carbocycles. The van der Waals surface area contributed by atoms with Gasteiger partial charge in [0.05, 0.1) is 23.6 Å². The van der Waals surface area contributed by atoms with Gasteiger partial charge in [0, 0.05) is 24.3 Å². The molecule has 3 heterocycles. The first-order valence-electron chi connectivity index (χ1n) is 8.76. The first-order chi connectivity index (χ1) is 13.2. The van der Waals surface area contributed by atoms with Crippen LogP contribution in [0.4, 0.5) is 5.82 Å². The lowest BCUT2D eigenvalue weighted by Crippen LogP contribution is -2.13. The molecule has 0 radical (unpaired) electrons. The van der Waals surface area contributed by atoms with Crippen molar-refractivity contribution in [3.05, 3.63) is 54.4 Å². The molecule has 4 rings (SSSR count). The Bertz CT molecular complexity index is 1120. The van der Waals surface area contributed by atoms with Gasteiger partial charge >= 0.3 is 0 Å². The number of amides is 1. The van der Waals surface area contributed by atoms with E-state index in [4.69, 9.17) is 9.72 Å². The highest BCUT2D eigenvalue weighted by molar-refractivity contribution is 6.08. The summed E-state index contributed by atoms with van der Waals surface area (Å²) in [5.74, 6) is 0.993. The number of hydrogen-bond acceptors (Lipinski definition) is 5. The van der Waals surface area contributed by atoms with Gasteiger partial charge in [-0.15, -0.1) is 0 Å². The summed E-state index contributed by atoms with van der Waals surface area (Å²) >= 11 is 0. The second kappa shape index (κ2) is 7.03. The van der Waals surface area contributed by atoms with E-state index in [-0.39, 0.29) is 5.91 Å². The number of carbonyl (C=O) groups is 1. The van der Waals surface area contributed by atoms with Gasteiger partial charge in [0.2, 0.25) is 0 Å². The SMILES string of the molecule is CCCn1nc(NC(=O)c2cccnc2)c2cc3cc(OC)ccc3nc21. The summed E-state index contributed by atoms with van der Waals surface area (Å²) in [6, 6.07) is 11.2. The summed E-state index contributed by atoms with van der Waals surface area (Å²) in [5.41, 5.74) is 2.08. The van der Waals surface area contributed by atoms with Crippen molar-refractivity contribution in [1.29, 1.82) is 0 Å². The van der Waals surface area contributed by atoms with Crippen LogP contribution < -0.4 is 10.1 Å². The number of nitrogens with zero attached hydrogens (tertiary/aromatic N) is 4. The zero-order valence-corrected chi connectivity index (χ0v) is 15.1. The standard InChI is InChI=1S/C20H19N5O2/c1-3-9-25-19-16(11-14-10-15(27-2)6-7-17(14)22-19)18(24-25)23-20(26)13-5-4-8-21-12-13/h4-8,10-12H,3,9H2,1-2H3,(H,23,24,26). The molecule has 0 bridgehead atoms. The van der Waals surface area contributed by atoms with Crippen molar-refractivity contribution in [3.63, 3.8) is 0 Å². The minimum atomic E-state index is -0.253. The Labute approximate surface area is 156 Å². The largest absolute Gasteiger partial charge is 0.497 e. The normalized spacial score (nSPS) is 11.0. The van der Waals surface area contributed by atoms with Crippen LogP contribution in [-0.4, -0.2) is 32.8 Å². The number of ether oxygens (including phenoxy) is 1. The summed E-state index contributed by atoms with van der Waals surface area (Å²) in [6.45, 7) is 2.79. The third-order valence-corrected chi connectivity index (χ3v) is 4.31. The summed E-state index contributed by atoms with van der Waals surface area (Å²) in [7, 11) is 1.63. The van der Waals surface area contributed by atoms with Crippen molar-refractivity contribution in [2.75, 3.05) is 12.4 Å². The number of benzene rings is 1. The second-order valence-electron chi connectivity index (χ2n) is 6.19. The van der Waals surface area contributed by atoms with Gasteiger partial charge in [-0.1, -0.05) is 6.92 Å². The Morgan fingerprint density at radius 1 is 1.26 bits per heavy atom. The van der Waals surface area contributed by atoms with E-state index in [1.54, 1.807) is 25.4 Å². The van der Waals surface area contributed by atoms with Gasteiger partial charge in [0.1, 0.15) is 5.75 Å². The van der Waals surface area contributed by atoms with Crippen LogP contribution in [0.1, 0.15) is 23.7 Å². The van der Waals surface area contributed by atoms with Crippen molar-refractivity contribution in [3.8, 4) is 5.75 Å². The van der Waals surface area contributed by atoms with Gasteiger partial charge in [-0.05, 0) is 42.8 Å². The van der Waals surface area contributed by atoms with Crippen molar-refractivity contribution in [1.82, 2.24) is 19.7 Å². The van der Waals surface area contributed by atoms with E-state index in [0.717, 1.165) is 34.1 Å². The molecular weight excluding hydrogens is 342 g/mol. The third-order valence-electron chi connectivity index (χ3n) is 4.31. The van der Waals surface area contributed by atoms with Gasteiger partial charge in [-0.25, -0.2) is 9.67 Å². The number of fused-ring (bicyclic) bond motifs is 2. The first-order valence-corrected chi connectivity index (χ1v) is 8.76. The summed E-state index contributed by atoms with van der Waals surface area (Å²) in [5, 5.41) is 9.19. The molecule has 0 saturated heterocycles. The number of rotatable bonds is 5. The fourth-order valence-electron chi connectivity index (χ4n) is 3.00. The molecular formula is C20H19N5O2. The van der Waals surface area contributed by atoms with Crippen LogP contribution in [0.25, 0.3) is 21.9 Å². The highest BCUT2D eigenvalue weighted by atomic mass is 16.5. The molecule has 0 atom stereocenters. The molecule has 0 aliphatic rings. The zero-order valence-electron chi connectivity index (χ0n) is 15.1. The highest BCUT2D eigenvalue weighted by Gasteiger charge is 2.16. The molecule has 27 heavy (non-hydrogen) atoms. The molecule has 1 amide bonds. The number of anilines is 1. The Kier molecular flexibility index (Phi) is 4.42. The predicted octanol–water partition coefficient (Wildman–Crippen LogP) is 3.65. The van der Waals surface area contributed by atoms with E-state index < -0.39 is 0 Å². The van der Waals surface area contributed by atoms with Crippen molar-refractivity contribution in [2.45, 2.75) is 19.9 Å². The number of aromatic nitrogens is 4. The van der Waals surface area contributed by atoms with Gasteiger partial charge in [-0.3, -0.25) is 9.78 Å². The molecule has 0 aliphatic carbocycles. The topological polar surface area (TPSA) is 81.9 Å². The fraction of sp³-hybridized carbons (Fsp3) is 0.200. The van der Waals surface area contributed by atoms with E-state index >= 15 is 0 Å². The lowest BCUT2D eigenvalue weighted by molar-refractivity contribution is 0.102. The molecule has 0 unspecified atom stereocenters. The van der Waals surface area contributed by atoms with E-state index in [2.05, 4.69) is 22.3 Å². The maximum Gasteiger partial charge on any atom is 0.258 e. The van der Waals surface area contributed by atoms with Crippen molar-refractivity contribution < 1.29 is 9.53 Å². The number of hydrogen-bond donors (Lipinski definition) is 1. The Balaban J connectivity index is 1.83. The Morgan fingerprint density at radius 3 is 2.89 bits per heavy atom. The van der Waals surface area contributed by atoms with Crippen LogP contribution in [0.2, 0.25) is 0 Å². The fourth-order valence-corrected chi connectivity index (χ4v) is 3.00. The van der Waals surface area contributed by atoms with Crippen molar-refractivity contribution >= 4 is 33.7 Å². The maximum atomic E-state index is 12.5. The molecule has 4 aromatic rings. The van der Waals surface area contributed by atoms with Gasteiger partial charge < -0.3 is 10.1 Å². The number of nitrogens with one attached hydrogen (secondary N) is 1. The molecule has 1 aromatic carbocycles. The van der Waals surface area contributed by atoms with E-state index in [1.165, 1.54) is 6.20 Å². The molecule has 0 aliphatic heterocycles. The van der Waals surface area contributed by atoms with E-state index in [9.17, 15) is 4.79 Å². The Hall–Kier alpha value is -3.48. The number of carbonyl (C=O) groups excluding carboxylic acids is 1. The van der Waals surface area contributed by atoms with Gasteiger partial charge in [-0.2, -0.15) is 5.10 Å². The number of pyridine rings is 2. The predicted molar refractivity (Wildman–Crippen MR) is 104 cm³/mol. The van der Waals surface area contributed by atoms with Crippen LogP contribution in [0.15, 0.2) is 48.8 Å². The summed E-state index contributed by atoms with van der Waals surface area (Å²) in [6.07, 6.45) is 4.07. The van der Waals surface area contributed by atoms with Gasteiger partial charge in [0.25, 0.3) is 5.91 Å². The summed E-state index contributed by atoms with van der Waals surface area (Å²) in [4.78, 5) is 21.3. The third kappa shape index (κ3) is 3.19. The maximum absolute atomic E-state index is 12.5. The molecule has 1 N–H and O–H groups in total.